The summed E-state index contributed by atoms with van der Waals surface area (Å²) in [5.41, 5.74) is 13.9. The van der Waals surface area contributed by atoms with Gasteiger partial charge in [-0.3, -0.25) is 28.7 Å². The Morgan fingerprint density at radius 3 is 2.45 bits per heavy atom. The first-order chi connectivity index (χ1) is 36.0. The molecule has 0 aliphatic carbocycles. The number of ether oxygens (including phenoxy) is 2. The van der Waals surface area contributed by atoms with Crippen LogP contribution < -0.4 is 16.4 Å². The largest absolute Gasteiger partial charge is 0.383 e. The van der Waals surface area contributed by atoms with Crippen LogP contribution in [0.1, 0.15) is 91.7 Å². The van der Waals surface area contributed by atoms with Crippen LogP contribution in [0.3, 0.4) is 0 Å². The number of amides is 4. The number of carbonyl (C=O) groups excluding carboxylic acids is 4. The van der Waals surface area contributed by atoms with Crippen LogP contribution in [0, 0.1) is 34.6 Å². The molecule has 2 aliphatic rings. The Kier molecular flexibility index (Phi) is 17.5. The number of anilines is 2. The summed E-state index contributed by atoms with van der Waals surface area (Å²) >= 11 is 7.91. The molecule has 6 aromatic rings. The number of fused-ring (bicyclic) bond motifs is 4. The lowest BCUT2D eigenvalue weighted by Crippen LogP contribution is -2.40. The first kappa shape index (κ1) is 54.4. The number of rotatable bonds is 20. The summed E-state index contributed by atoms with van der Waals surface area (Å²) in [4.78, 5) is 73.5. The van der Waals surface area contributed by atoms with E-state index in [9.17, 15) is 19.2 Å². The van der Waals surface area contributed by atoms with Crippen LogP contribution in [-0.4, -0.2) is 159 Å². The molecule has 396 valence electrons. The molecule has 1 fully saturated rings. The second kappa shape index (κ2) is 24.2. The van der Waals surface area contributed by atoms with Crippen molar-refractivity contribution in [2.45, 2.75) is 72.4 Å². The zero-order chi connectivity index (χ0) is 53.5. The maximum Gasteiger partial charge on any atom is 0.277 e. The molecule has 75 heavy (non-hydrogen) atoms. The first-order valence-electron chi connectivity index (χ1n) is 25.0. The fourth-order valence-electron chi connectivity index (χ4n) is 9.19. The van der Waals surface area contributed by atoms with Gasteiger partial charge in [-0.15, -0.1) is 21.5 Å². The number of nitrogens with one attached hydrogen (secondary N) is 2. The summed E-state index contributed by atoms with van der Waals surface area (Å²) in [6.45, 7) is 13.9. The molecule has 6 heterocycles. The van der Waals surface area contributed by atoms with Crippen LogP contribution in [-0.2, 0) is 30.3 Å². The number of thiophene rings is 1. The Morgan fingerprint density at radius 2 is 1.69 bits per heavy atom. The molecule has 20 nitrogen and oxygen atoms in total. The highest BCUT2D eigenvalue weighted by molar-refractivity contribution is 7.15. The van der Waals surface area contributed by atoms with E-state index in [1.807, 2.05) is 68.8 Å². The number of halogens is 1. The van der Waals surface area contributed by atoms with Crippen molar-refractivity contribution in [2.24, 2.45) is 4.99 Å². The lowest BCUT2D eigenvalue weighted by molar-refractivity contribution is -0.128. The van der Waals surface area contributed by atoms with Gasteiger partial charge < -0.3 is 40.5 Å². The van der Waals surface area contributed by atoms with Gasteiger partial charge in [0.2, 0.25) is 17.7 Å². The van der Waals surface area contributed by atoms with E-state index in [-0.39, 0.29) is 48.1 Å². The Bertz CT molecular complexity index is 3150. The number of nitrogen functional groups attached to an aromatic ring is 1. The molecule has 2 aliphatic heterocycles. The van der Waals surface area contributed by atoms with Crippen LogP contribution in [0.25, 0.3) is 16.0 Å². The molecule has 4 amide bonds. The van der Waals surface area contributed by atoms with Gasteiger partial charge in [0, 0.05) is 79.6 Å². The number of aromatic nitrogens is 7. The van der Waals surface area contributed by atoms with E-state index in [0.29, 0.717) is 86.7 Å². The van der Waals surface area contributed by atoms with E-state index in [1.165, 1.54) is 11.2 Å². The number of nitrogens with zero attached hydrogens (tertiary/aromatic N) is 11. The summed E-state index contributed by atoms with van der Waals surface area (Å²) in [5.74, 6) is 0.701. The van der Waals surface area contributed by atoms with Crippen LogP contribution in [0.5, 0.6) is 0 Å². The fourth-order valence-corrected chi connectivity index (χ4v) is 10.5. The lowest BCUT2D eigenvalue weighted by atomic mass is 9.98. The van der Waals surface area contributed by atoms with E-state index in [1.54, 1.807) is 52.1 Å². The molecule has 2 atom stereocenters. The Morgan fingerprint density at radius 1 is 0.933 bits per heavy atom. The van der Waals surface area contributed by atoms with Gasteiger partial charge in [0.25, 0.3) is 5.91 Å². The van der Waals surface area contributed by atoms with Crippen molar-refractivity contribution in [1.29, 1.82) is 0 Å². The number of carbonyl (C=O) groups is 4. The van der Waals surface area contributed by atoms with Crippen LogP contribution in [0.15, 0.2) is 59.9 Å². The minimum Gasteiger partial charge on any atom is -0.383 e. The van der Waals surface area contributed by atoms with E-state index in [4.69, 9.17) is 36.9 Å². The average Bonchev–Trinajstić information content (AvgIpc) is 4.04. The third kappa shape index (κ3) is 12.5. The number of benzene rings is 2. The number of aliphatic imine (C=N–C) groups is 1. The summed E-state index contributed by atoms with van der Waals surface area (Å²) in [7, 11) is 5.40. The van der Waals surface area contributed by atoms with Gasteiger partial charge in [0.05, 0.1) is 56.4 Å². The number of aryl methyl sites for hydroxylation is 2. The summed E-state index contributed by atoms with van der Waals surface area (Å²) < 4.78 is 15.3. The average molecular weight is 1060 g/mol. The quantitative estimate of drug-likeness (QED) is 0.0597. The molecule has 0 spiro atoms. The molecule has 4 aromatic heterocycles. The van der Waals surface area contributed by atoms with Gasteiger partial charge in [-0.05, 0) is 95.0 Å². The minimum atomic E-state index is -0.562. The highest BCUT2D eigenvalue weighted by Crippen LogP contribution is 2.40. The summed E-state index contributed by atoms with van der Waals surface area (Å²) in [6, 6.07) is 10.4. The standard InChI is InChI=1S/C53H65ClN14O6S/c1-31-32(2)40(18-15-37(31)27-44(71)64(6)7)60-52(72)48-46-49(55)57-30-58-51(46)68(63-48)39-11-9-21-66(29-39)43(70)12-10-20-65(8)22-24-74-26-25-73-23-19-56-42(69)28-41-50-62-61-35(5)67(50)53-45(33(3)34(4)75-53)47(59-41)36-13-16-38(54)17-14-36/h10,12-18,30,39,41H,9,11,19-29H2,1-8H3,(H,56,69)(H,60,72)(H2,55,57,58)/b12-10+/t39?,41-/m1/s1. The monoisotopic (exact) mass is 1060 g/mol. The van der Waals surface area contributed by atoms with E-state index >= 15 is 0 Å². The minimum absolute atomic E-state index is 0.0141. The number of piperidine rings is 1. The number of likely N-dealkylation sites (N-methyl/N-ethyl adjacent to an activating group) is 2. The Labute approximate surface area is 445 Å². The molecule has 1 saturated heterocycles. The zero-order valence-electron chi connectivity index (χ0n) is 43.8. The summed E-state index contributed by atoms with van der Waals surface area (Å²) in [6.07, 6.45) is 6.57. The number of hydrogen-bond acceptors (Lipinski definition) is 15. The second-order valence-electron chi connectivity index (χ2n) is 19.1. The molecular formula is C53H65ClN14O6S. The maximum atomic E-state index is 13.9. The topological polar surface area (TPSA) is 233 Å². The molecule has 2 aromatic carbocycles. The van der Waals surface area contributed by atoms with Gasteiger partial charge in [0.1, 0.15) is 29.0 Å². The number of nitrogens with two attached hydrogens (primary N) is 1. The van der Waals surface area contributed by atoms with Crippen molar-refractivity contribution < 1.29 is 28.7 Å². The van der Waals surface area contributed by atoms with Crippen molar-refractivity contribution in [3.05, 3.63) is 116 Å². The highest BCUT2D eigenvalue weighted by atomic mass is 35.5. The molecule has 22 heteroatoms. The summed E-state index contributed by atoms with van der Waals surface area (Å²) in [5, 5.41) is 21.5. The van der Waals surface area contributed by atoms with Gasteiger partial charge in [-0.1, -0.05) is 35.9 Å². The number of hydrogen-bond donors (Lipinski definition) is 3. The lowest BCUT2D eigenvalue weighted by Gasteiger charge is -2.32. The van der Waals surface area contributed by atoms with Crippen molar-refractivity contribution in [1.82, 2.24) is 54.5 Å². The molecule has 8 rings (SSSR count). The third-order valence-corrected chi connectivity index (χ3v) is 15.2. The highest BCUT2D eigenvalue weighted by Gasteiger charge is 2.33. The van der Waals surface area contributed by atoms with Crippen molar-refractivity contribution in [3.8, 4) is 5.00 Å². The predicted molar refractivity (Wildman–Crippen MR) is 290 cm³/mol. The molecule has 0 radical (unpaired) electrons. The second-order valence-corrected chi connectivity index (χ2v) is 20.8. The predicted octanol–water partition coefficient (Wildman–Crippen LogP) is 5.91. The number of likely N-dealkylation sites (tertiary alicyclic amines) is 1. The SMILES string of the molecule is Cc1sc2c(c1C)C(c1ccc(Cl)cc1)=N[C@H](CC(=O)NCCOCCOCCN(C)C/C=C/C(=O)N1CCCC(n3nc(C(=O)Nc4ccc(CC(=O)N(C)C)c(C)c4C)c4c(N)ncnc43)C1)c1nnc(C)n1-2. The molecule has 1 unspecified atom stereocenters. The van der Waals surface area contributed by atoms with E-state index in [2.05, 4.69) is 49.5 Å². The molecule has 0 bridgehead atoms. The Hall–Kier alpha value is -6.91. The maximum absolute atomic E-state index is 13.9. The zero-order valence-corrected chi connectivity index (χ0v) is 45.3. The van der Waals surface area contributed by atoms with Gasteiger partial charge in [0.15, 0.2) is 17.2 Å². The van der Waals surface area contributed by atoms with Crippen LogP contribution >= 0.6 is 22.9 Å². The van der Waals surface area contributed by atoms with Crippen molar-refractivity contribution >= 4 is 74.8 Å². The Balaban J connectivity index is 0.755. The molecule has 0 saturated carbocycles. The third-order valence-electron chi connectivity index (χ3n) is 13.7. The molecular weight excluding hydrogens is 996 g/mol. The van der Waals surface area contributed by atoms with Gasteiger partial charge in [-0.25, -0.2) is 14.6 Å². The van der Waals surface area contributed by atoms with Crippen LogP contribution in [0.2, 0.25) is 5.02 Å². The van der Waals surface area contributed by atoms with Gasteiger partial charge in [-0.2, -0.15) is 5.10 Å². The normalized spacial score (nSPS) is 15.5. The smallest absolute Gasteiger partial charge is 0.277 e. The van der Waals surface area contributed by atoms with Gasteiger partial charge >= 0.3 is 0 Å². The van der Waals surface area contributed by atoms with E-state index in [0.717, 1.165) is 62.8 Å². The fraction of sp³-hybridized carbons (Fsp3) is 0.434. The van der Waals surface area contributed by atoms with Crippen LogP contribution in [0.4, 0.5) is 11.5 Å². The first-order valence-corrected chi connectivity index (χ1v) is 26.2. The van der Waals surface area contributed by atoms with Crippen molar-refractivity contribution in [2.75, 3.05) is 91.3 Å². The van der Waals surface area contributed by atoms with E-state index < -0.39 is 11.9 Å². The van der Waals surface area contributed by atoms with Crippen molar-refractivity contribution in [3.63, 3.8) is 0 Å². The molecule has 4 N–H and O–H groups in total.